The zero-order valence-corrected chi connectivity index (χ0v) is 11.8. The van der Waals surface area contributed by atoms with Gasteiger partial charge in [-0.1, -0.05) is 6.07 Å². The topological polar surface area (TPSA) is 91.7 Å². The zero-order valence-electron chi connectivity index (χ0n) is 11.8. The molecule has 0 radical (unpaired) electrons. The Labute approximate surface area is 121 Å². The number of quaternary nitrogens is 1. The minimum atomic E-state index is -0.441. The second kappa shape index (κ2) is 7.95. The largest absolute Gasteiger partial charge is 0.322 e. The van der Waals surface area contributed by atoms with Crippen molar-refractivity contribution in [1.29, 1.82) is 0 Å². The molecule has 0 bridgehead atoms. The second-order valence-electron chi connectivity index (χ2n) is 4.60. The van der Waals surface area contributed by atoms with Crippen LogP contribution in [0.4, 0.5) is 10.1 Å². The predicted octanol–water partition coefficient (Wildman–Crippen LogP) is -1.55. The minimum absolute atomic E-state index is 0.0108. The molecule has 21 heavy (non-hydrogen) atoms. The first-order valence-corrected chi connectivity index (χ1v) is 6.29. The quantitative estimate of drug-likeness (QED) is 0.496. The van der Waals surface area contributed by atoms with Crippen molar-refractivity contribution in [3.05, 3.63) is 30.1 Å². The van der Waals surface area contributed by atoms with Gasteiger partial charge in [0.2, 0.25) is 5.91 Å². The van der Waals surface area contributed by atoms with E-state index >= 15 is 0 Å². The summed E-state index contributed by atoms with van der Waals surface area (Å²) in [5, 5.41) is 2.54. The Balaban J connectivity index is 2.36. The summed E-state index contributed by atoms with van der Waals surface area (Å²) >= 11 is 0. The number of anilines is 1. The first-order valence-electron chi connectivity index (χ1n) is 6.29. The number of nitrogens with one attached hydrogen (secondary N) is 4. The fraction of sp³-hybridized carbons (Fsp3) is 0.308. The highest BCUT2D eigenvalue weighted by molar-refractivity contribution is 5.91. The Morgan fingerprint density at radius 2 is 1.81 bits per heavy atom. The van der Waals surface area contributed by atoms with Crippen LogP contribution in [0.2, 0.25) is 0 Å². The Hall–Kier alpha value is -2.48. The molecule has 0 saturated carbocycles. The molecule has 1 rings (SSSR count). The van der Waals surface area contributed by atoms with Crippen LogP contribution in [0.15, 0.2) is 24.3 Å². The molecule has 8 heteroatoms. The molecule has 3 amide bonds. The van der Waals surface area contributed by atoms with Gasteiger partial charge in [0.1, 0.15) is 5.82 Å². The maximum Gasteiger partial charge on any atom is 0.293 e. The molecule has 0 aromatic heterocycles. The summed E-state index contributed by atoms with van der Waals surface area (Å²) in [6.45, 7) is 1.31. The fourth-order valence-corrected chi connectivity index (χ4v) is 1.58. The summed E-state index contributed by atoms with van der Waals surface area (Å²) in [6.07, 6.45) is 0. The smallest absolute Gasteiger partial charge is 0.293 e. The molecule has 0 aliphatic carbocycles. The SMILES string of the molecule is CC(=O)NNC(=O)C[NH+](C)CC(=O)Nc1cccc(F)c1. The predicted molar refractivity (Wildman–Crippen MR) is 73.6 cm³/mol. The second-order valence-corrected chi connectivity index (χ2v) is 4.60. The van der Waals surface area contributed by atoms with E-state index in [1.54, 1.807) is 13.1 Å². The molecule has 0 aliphatic heterocycles. The van der Waals surface area contributed by atoms with Crippen LogP contribution in [0.25, 0.3) is 0 Å². The molecule has 114 valence electrons. The highest BCUT2D eigenvalue weighted by Crippen LogP contribution is 2.08. The van der Waals surface area contributed by atoms with Gasteiger partial charge in [-0.2, -0.15) is 0 Å². The number of benzene rings is 1. The van der Waals surface area contributed by atoms with E-state index in [4.69, 9.17) is 0 Å². The molecule has 7 nitrogen and oxygen atoms in total. The highest BCUT2D eigenvalue weighted by atomic mass is 19.1. The van der Waals surface area contributed by atoms with Crippen LogP contribution in [0.1, 0.15) is 6.92 Å². The lowest BCUT2D eigenvalue weighted by Crippen LogP contribution is -3.11. The number of halogens is 1. The molecule has 4 N–H and O–H groups in total. The number of likely N-dealkylation sites (N-methyl/N-ethyl adjacent to an activating group) is 1. The molecule has 0 saturated heterocycles. The van der Waals surface area contributed by atoms with E-state index < -0.39 is 11.7 Å². The van der Waals surface area contributed by atoms with Crippen molar-refractivity contribution in [3.8, 4) is 0 Å². The van der Waals surface area contributed by atoms with E-state index in [0.29, 0.717) is 10.6 Å². The van der Waals surface area contributed by atoms with Crippen LogP contribution in [0.3, 0.4) is 0 Å². The van der Waals surface area contributed by atoms with Crippen LogP contribution in [0, 0.1) is 5.82 Å². The standard InChI is InChI=1S/C13H17FN4O3/c1-9(19)16-17-13(21)8-18(2)7-12(20)15-11-5-3-4-10(14)6-11/h3-6H,7-8H2,1-2H3,(H,15,20)(H,16,19)(H,17,21)/p+1. The fourth-order valence-electron chi connectivity index (χ4n) is 1.58. The Morgan fingerprint density at radius 3 is 2.43 bits per heavy atom. The van der Waals surface area contributed by atoms with Crippen molar-refractivity contribution in [2.45, 2.75) is 6.92 Å². The third-order valence-electron chi connectivity index (χ3n) is 2.41. The van der Waals surface area contributed by atoms with Crippen molar-refractivity contribution >= 4 is 23.4 Å². The van der Waals surface area contributed by atoms with Crippen LogP contribution < -0.4 is 21.1 Å². The van der Waals surface area contributed by atoms with Crippen LogP contribution >= 0.6 is 0 Å². The van der Waals surface area contributed by atoms with Gasteiger partial charge in [0.15, 0.2) is 13.1 Å². The van der Waals surface area contributed by atoms with E-state index in [2.05, 4.69) is 16.2 Å². The molecule has 1 aromatic rings. The van der Waals surface area contributed by atoms with E-state index in [-0.39, 0.29) is 24.9 Å². The van der Waals surface area contributed by atoms with Crippen LogP contribution in [-0.4, -0.2) is 37.9 Å². The van der Waals surface area contributed by atoms with Crippen molar-refractivity contribution < 1.29 is 23.7 Å². The average molecular weight is 297 g/mol. The van der Waals surface area contributed by atoms with Crippen molar-refractivity contribution in [1.82, 2.24) is 10.9 Å². The van der Waals surface area contributed by atoms with Gasteiger partial charge in [-0.25, -0.2) is 4.39 Å². The number of carbonyl (C=O) groups is 3. The van der Waals surface area contributed by atoms with Crippen molar-refractivity contribution in [3.63, 3.8) is 0 Å². The molecule has 1 aromatic carbocycles. The molecular weight excluding hydrogens is 279 g/mol. The van der Waals surface area contributed by atoms with Gasteiger partial charge >= 0.3 is 0 Å². The lowest BCUT2D eigenvalue weighted by atomic mass is 10.3. The number of carbonyl (C=O) groups excluding carboxylic acids is 3. The maximum atomic E-state index is 13.0. The van der Waals surface area contributed by atoms with Crippen molar-refractivity contribution in [2.24, 2.45) is 0 Å². The Morgan fingerprint density at radius 1 is 1.14 bits per heavy atom. The first-order chi connectivity index (χ1) is 9.86. The minimum Gasteiger partial charge on any atom is -0.322 e. The van der Waals surface area contributed by atoms with Gasteiger partial charge in [0.25, 0.3) is 11.8 Å². The molecule has 0 aliphatic rings. The van der Waals surface area contributed by atoms with Gasteiger partial charge in [-0.05, 0) is 18.2 Å². The molecule has 0 spiro atoms. The van der Waals surface area contributed by atoms with Gasteiger partial charge in [-0.3, -0.25) is 25.2 Å². The summed E-state index contributed by atoms with van der Waals surface area (Å²) in [5.74, 6) is -1.58. The number of hydrogen-bond acceptors (Lipinski definition) is 3. The number of hydrazine groups is 1. The van der Waals surface area contributed by atoms with Crippen LogP contribution in [-0.2, 0) is 14.4 Å². The van der Waals surface area contributed by atoms with Crippen molar-refractivity contribution in [2.75, 3.05) is 25.5 Å². The summed E-state index contributed by atoms with van der Waals surface area (Å²) < 4.78 is 13.0. The van der Waals surface area contributed by atoms with E-state index in [1.807, 2.05) is 0 Å². The van der Waals surface area contributed by atoms with Gasteiger partial charge in [0.05, 0.1) is 7.05 Å². The zero-order chi connectivity index (χ0) is 15.8. The lowest BCUT2D eigenvalue weighted by molar-refractivity contribution is -0.862. The number of amides is 3. The molecule has 0 fully saturated rings. The third-order valence-corrected chi connectivity index (χ3v) is 2.41. The van der Waals surface area contributed by atoms with E-state index in [9.17, 15) is 18.8 Å². The van der Waals surface area contributed by atoms with E-state index in [0.717, 1.165) is 0 Å². The summed E-state index contributed by atoms with van der Waals surface area (Å²) in [5.41, 5.74) is 4.72. The van der Waals surface area contributed by atoms with Gasteiger partial charge < -0.3 is 10.2 Å². The van der Waals surface area contributed by atoms with Crippen LogP contribution in [0.5, 0.6) is 0 Å². The highest BCUT2D eigenvalue weighted by Gasteiger charge is 2.14. The van der Waals surface area contributed by atoms with Gasteiger partial charge in [0, 0.05) is 12.6 Å². The molecule has 1 atom stereocenters. The Bertz CT molecular complexity index is 536. The summed E-state index contributed by atoms with van der Waals surface area (Å²) in [7, 11) is 1.65. The molecule has 0 heterocycles. The summed E-state index contributed by atoms with van der Waals surface area (Å²) in [6, 6.07) is 5.54. The Kier molecular flexibility index (Phi) is 6.28. The monoisotopic (exact) mass is 297 g/mol. The number of hydrogen-bond donors (Lipinski definition) is 4. The maximum absolute atomic E-state index is 13.0. The molecule has 1 unspecified atom stereocenters. The molecular formula is C13H18FN4O3+. The van der Waals surface area contributed by atoms with E-state index in [1.165, 1.54) is 25.1 Å². The number of rotatable bonds is 5. The average Bonchev–Trinajstić information content (AvgIpc) is 2.35. The summed E-state index contributed by atoms with van der Waals surface area (Å²) in [4.78, 5) is 34.4. The third kappa shape index (κ3) is 7.02. The lowest BCUT2D eigenvalue weighted by Gasteiger charge is -2.13. The van der Waals surface area contributed by atoms with Gasteiger partial charge in [-0.15, -0.1) is 0 Å². The normalized spacial score (nSPS) is 11.4. The first kappa shape index (κ1) is 16.6.